The average molecular weight is 413 g/mol. The Bertz CT molecular complexity index is 630. The van der Waals surface area contributed by atoms with Gasteiger partial charge in [-0.25, -0.2) is 13.2 Å². The van der Waals surface area contributed by atoms with Crippen LogP contribution >= 0.6 is 31.9 Å². The summed E-state index contributed by atoms with van der Waals surface area (Å²) in [6.45, 7) is 0.308. The summed E-state index contributed by atoms with van der Waals surface area (Å²) in [4.78, 5) is 11.3. The number of aromatic carboxylic acids is 1. The van der Waals surface area contributed by atoms with E-state index in [9.17, 15) is 18.3 Å². The first-order chi connectivity index (χ1) is 8.83. The van der Waals surface area contributed by atoms with E-state index in [1.807, 2.05) is 0 Å². The minimum Gasteiger partial charge on any atom is -0.478 e. The number of anilines is 1. The van der Waals surface area contributed by atoms with E-state index in [1.165, 1.54) is 10.4 Å². The summed E-state index contributed by atoms with van der Waals surface area (Å²) >= 11 is 6.46. The maximum absolute atomic E-state index is 12.1. The van der Waals surface area contributed by atoms with Gasteiger partial charge in [0.1, 0.15) is 0 Å². The van der Waals surface area contributed by atoms with Crippen LogP contribution in [0.25, 0.3) is 0 Å². The fourth-order valence-electron chi connectivity index (χ4n) is 2.02. The Morgan fingerprint density at radius 2 is 1.95 bits per heavy atom. The normalized spacial score (nSPS) is 18.3. The van der Waals surface area contributed by atoms with Gasteiger partial charge in [0.05, 0.1) is 17.0 Å². The van der Waals surface area contributed by atoms with Gasteiger partial charge in [-0.2, -0.15) is 0 Å². The Morgan fingerprint density at radius 1 is 1.26 bits per heavy atom. The Kier molecular flexibility index (Phi) is 4.22. The van der Waals surface area contributed by atoms with Gasteiger partial charge in [0.2, 0.25) is 10.0 Å². The number of carboxylic acids is 1. The Balaban J connectivity index is 2.64. The molecule has 1 saturated heterocycles. The molecule has 1 heterocycles. The number of carboxylic acid groups (broad SMARTS) is 1. The second-order valence-corrected chi connectivity index (χ2v) is 7.97. The molecule has 0 aromatic heterocycles. The highest BCUT2D eigenvalue weighted by molar-refractivity contribution is 9.11. The van der Waals surface area contributed by atoms with Crippen molar-refractivity contribution in [2.45, 2.75) is 12.8 Å². The number of rotatable bonds is 2. The van der Waals surface area contributed by atoms with E-state index < -0.39 is 16.0 Å². The lowest BCUT2D eigenvalue weighted by atomic mass is 10.1. The van der Waals surface area contributed by atoms with E-state index in [4.69, 9.17) is 0 Å². The number of benzene rings is 1. The number of hydrogen-bond donors (Lipinski definition) is 1. The van der Waals surface area contributed by atoms with E-state index in [-0.39, 0.29) is 17.0 Å². The molecule has 19 heavy (non-hydrogen) atoms. The van der Waals surface area contributed by atoms with Crippen molar-refractivity contribution in [3.8, 4) is 0 Å². The van der Waals surface area contributed by atoms with Gasteiger partial charge < -0.3 is 5.11 Å². The van der Waals surface area contributed by atoms with Gasteiger partial charge in [-0.1, -0.05) is 15.9 Å². The molecule has 104 valence electrons. The predicted molar refractivity (Wildman–Crippen MR) is 79.2 cm³/mol. The van der Waals surface area contributed by atoms with Gasteiger partial charge in [-0.05, 0) is 40.9 Å². The van der Waals surface area contributed by atoms with Crippen LogP contribution in [0.4, 0.5) is 5.69 Å². The molecule has 0 atom stereocenters. The summed E-state index contributed by atoms with van der Waals surface area (Å²) in [5.74, 6) is -1.10. The molecular weight excluding hydrogens is 402 g/mol. The molecule has 0 spiro atoms. The molecule has 1 aromatic rings. The molecule has 0 unspecified atom stereocenters. The summed E-state index contributed by atoms with van der Waals surface area (Å²) < 4.78 is 26.4. The molecule has 0 radical (unpaired) electrons. The van der Waals surface area contributed by atoms with Crippen molar-refractivity contribution in [3.05, 3.63) is 26.6 Å². The largest absolute Gasteiger partial charge is 0.478 e. The van der Waals surface area contributed by atoms with Gasteiger partial charge in [0.15, 0.2) is 0 Å². The second kappa shape index (κ2) is 5.41. The first kappa shape index (κ1) is 14.8. The highest BCUT2D eigenvalue weighted by Crippen LogP contribution is 2.36. The molecule has 0 amide bonds. The van der Waals surface area contributed by atoms with Crippen molar-refractivity contribution in [1.29, 1.82) is 0 Å². The topological polar surface area (TPSA) is 74.7 Å². The van der Waals surface area contributed by atoms with Crippen LogP contribution in [0.1, 0.15) is 23.2 Å². The van der Waals surface area contributed by atoms with Crippen LogP contribution in [0.2, 0.25) is 0 Å². The Morgan fingerprint density at radius 3 is 2.53 bits per heavy atom. The van der Waals surface area contributed by atoms with Gasteiger partial charge in [-0.3, -0.25) is 4.31 Å². The van der Waals surface area contributed by atoms with Crippen molar-refractivity contribution >= 4 is 53.5 Å². The number of hydrogen-bond acceptors (Lipinski definition) is 3. The van der Waals surface area contributed by atoms with Crippen LogP contribution in [0.15, 0.2) is 21.1 Å². The summed E-state index contributed by atoms with van der Waals surface area (Å²) in [7, 11) is -3.44. The lowest BCUT2D eigenvalue weighted by Gasteiger charge is -2.30. The van der Waals surface area contributed by atoms with E-state index in [2.05, 4.69) is 31.9 Å². The molecule has 5 nitrogen and oxygen atoms in total. The molecule has 1 aliphatic heterocycles. The van der Waals surface area contributed by atoms with Crippen LogP contribution in [-0.2, 0) is 10.0 Å². The minimum atomic E-state index is -3.44. The van der Waals surface area contributed by atoms with E-state index in [0.717, 1.165) is 6.42 Å². The molecule has 2 rings (SSSR count). The highest BCUT2D eigenvalue weighted by Gasteiger charge is 2.31. The van der Waals surface area contributed by atoms with Crippen molar-refractivity contribution in [2.75, 3.05) is 16.6 Å². The van der Waals surface area contributed by atoms with E-state index in [1.54, 1.807) is 6.07 Å². The van der Waals surface area contributed by atoms with Crippen LogP contribution in [0, 0.1) is 0 Å². The summed E-state index contributed by atoms with van der Waals surface area (Å²) in [6, 6.07) is 3.05. The van der Waals surface area contributed by atoms with Gasteiger partial charge in [-0.15, -0.1) is 0 Å². The molecule has 1 fully saturated rings. The smallest absolute Gasteiger partial charge is 0.337 e. The number of sulfonamides is 1. The lowest BCUT2D eigenvalue weighted by molar-refractivity contribution is 0.0697. The fraction of sp³-hybridized carbons (Fsp3) is 0.364. The zero-order chi connectivity index (χ0) is 14.2. The second-order valence-electron chi connectivity index (χ2n) is 4.18. The molecule has 1 aromatic carbocycles. The number of carbonyl (C=O) groups is 1. The van der Waals surface area contributed by atoms with Crippen molar-refractivity contribution in [2.24, 2.45) is 0 Å². The molecule has 0 aliphatic carbocycles. The van der Waals surface area contributed by atoms with Crippen LogP contribution < -0.4 is 4.31 Å². The third-order valence-corrected chi connectivity index (χ3v) is 5.76. The quantitative estimate of drug-likeness (QED) is 0.810. The number of nitrogens with zero attached hydrogens (tertiary/aromatic N) is 1. The standard InChI is InChI=1S/C11H11Br2NO4S/c12-7-5-8(11(15)16)10(9(13)6-7)14-3-1-2-4-19(14,17)18/h5-6H,1-4H2,(H,15,16). The maximum atomic E-state index is 12.1. The summed E-state index contributed by atoms with van der Waals surface area (Å²) in [5, 5.41) is 9.25. The monoisotopic (exact) mass is 411 g/mol. The van der Waals surface area contributed by atoms with Crippen molar-refractivity contribution in [3.63, 3.8) is 0 Å². The number of halogens is 2. The summed E-state index contributed by atoms with van der Waals surface area (Å²) in [5.41, 5.74) is 0.169. The van der Waals surface area contributed by atoms with E-state index >= 15 is 0 Å². The Labute approximate surface area is 127 Å². The molecular formula is C11H11Br2NO4S. The first-order valence-electron chi connectivity index (χ1n) is 5.55. The van der Waals surface area contributed by atoms with Crippen LogP contribution in [-0.4, -0.2) is 31.8 Å². The average Bonchev–Trinajstić information content (AvgIpc) is 2.28. The van der Waals surface area contributed by atoms with Crippen molar-refractivity contribution < 1.29 is 18.3 Å². The van der Waals surface area contributed by atoms with Gasteiger partial charge >= 0.3 is 5.97 Å². The molecule has 0 bridgehead atoms. The zero-order valence-electron chi connectivity index (χ0n) is 9.77. The Hall–Kier alpha value is -0.600. The maximum Gasteiger partial charge on any atom is 0.337 e. The zero-order valence-corrected chi connectivity index (χ0v) is 13.8. The predicted octanol–water partition coefficient (Wildman–Crippen LogP) is 2.84. The van der Waals surface area contributed by atoms with Crippen molar-refractivity contribution in [1.82, 2.24) is 0 Å². The van der Waals surface area contributed by atoms with Crippen LogP contribution in [0.5, 0.6) is 0 Å². The fourth-order valence-corrected chi connectivity index (χ4v) is 5.25. The highest BCUT2D eigenvalue weighted by atomic mass is 79.9. The molecule has 8 heteroatoms. The SMILES string of the molecule is O=C(O)c1cc(Br)cc(Br)c1N1CCCCS1(=O)=O. The third kappa shape index (κ3) is 2.95. The van der Waals surface area contributed by atoms with Gasteiger partial charge in [0.25, 0.3) is 0 Å². The lowest BCUT2D eigenvalue weighted by Crippen LogP contribution is -2.39. The first-order valence-corrected chi connectivity index (χ1v) is 8.75. The van der Waals surface area contributed by atoms with Gasteiger partial charge in [0, 0.05) is 15.5 Å². The minimum absolute atomic E-state index is 0.0354. The van der Waals surface area contributed by atoms with Crippen LogP contribution in [0.3, 0.4) is 0 Å². The molecule has 1 N–H and O–H groups in total. The van der Waals surface area contributed by atoms with E-state index in [0.29, 0.717) is 21.9 Å². The molecule has 1 aliphatic rings. The summed E-state index contributed by atoms with van der Waals surface area (Å²) in [6.07, 6.45) is 1.33. The molecule has 0 saturated carbocycles. The third-order valence-electron chi connectivity index (χ3n) is 2.86.